The third-order valence-corrected chi connectivity index (χ3v) is 2.73. The van der Waals surface area contributed by atoms with Crippen LogP contribution >= 0.6 is 0 Å². The van der Waals surface area contributed by atoms with Crippen LogP contribution < -0.4 is 0 Å². The van der Waals surface area contributed by atoms with Gasteiger partial charge in [-0.25, -0.2) is 9.78 Å². The predicted octanol–water partition coefficient (Wildman–Crippen LogP) is 3.63. The van der Waals surface area contributed by atoms with Crippen LogP contribution in [0.5, 0.6) is 0 Å². The van der Waals surface area contributed by atoms with Crippen molar-refractivity contribution in [2.24, 2.45) is 0 Å². The first-order chi connectivity index (χ1) is 9.49. The Kier molecular flexibility index (Phi) is 6.64. The van der Waals surface area contributed by atoms with Gasteiger partial charge in [-0.2, -0.15) is 0 Å². The van der Waals surface area contributed by atoms with E-state index in [0.717, 1.165) is 18.5 Å². The molecule has 0 radical (unpaired) electrons. The van der Waals surface area contributed by atoms with Crippen LogP contribution in [0.3, 0.4) is 0 Å². The van der Waals surface area contributed by atoms with Gasteiger partial charge in [-0.05, 0) is 46.6 Å². The number of nitrogens with zero attached hydrogens (tertiary/aromatic N) is 2. The van der Waals surface area contributed by atoms with Crippen molar-refractivity contribution in [1.29, 1.82) is 0 Å². The predicted molar refractivity (Wildman–Crippen MR) is 79.5 cm³/mol. The fourth-order valence-corrected chi connectivity index (χ4v) is 1.52. The molecule has 1 heterocycles. The van der Waals surface area contributed by atoms with Crippen LogP contribution in [0.4, 0.5) is 0 Å². The molecule has 1 rings (SSSR count). The zero-order valence-electron chi connectivity index (χ0n) is 12.6. The van der Waals surface area contributed by atoms with E-state index < -0.39 is 5.97 Å². The first-order valence-corrected chi connectivity index (χ1v) is 6.74. The number of allylic oxidation sites excluding steroid dienone is 3. The monoisotopic (exact) mass is 274 g/mol. The molecule has 0 spiro atoms. The highest BCUT2D eigenvalue weighted by Crippen LogP contribution is 2.06. The third-order valence-electron chi connectivity index (χ3n) is 2.73. The number of carbonyl (C=O) groups is 1. The summed E-state index contributed by atoms with van der Waals surface area (Å²) < 4.78 is 5.13. The normalized spacial score (nSPS) is 11.1. The van der Waals surface area contributed by atoms with Crippen molar-refractivity contribution >= 4 is 5.97 Å². The maximum Gasteiger partial charge on any atom is 0.358 e. The second kappa shape index (κ2) is 8.25. The van der Waals surface area contributed by atoms with Gasteiger partial charge in [0.2, 0.25) is 0 Å². The zero-order chi connectivity index (χ0) is 15.0. The lowest BCUT2D eigenvalue weighted by Crippen LogP contribution is -2.08. The van der Waals surface area contributed by atoms with Crippen LogP contribution in [-0.2, 0) is 4.74 Å². The molecule has 20 heavy (non-hydrogen) atoms. The fourth-order valence-electron chi connectivity index (χ4n) is 1.52. The molecule has 0 aromatic carbocycles. The summed E-state index contributed by atoms with van der Waals surface area (Å²) >= 11 is 0. The van der Waals surface area contributed by atoms with E-state index >= 15 is 0 Å². The maximum atomic E-state index is 11.7. The summed E-state index contributed by atoms with van der Waals surface area (Å²) in [6, 6.07) is 0. The Morgan fingerprint density at radius 2 is 1.95 bits per heavy atom. The molecule has 0 aliphatic rings. The van der Waals surface area contributed by atoms with Gasteiger partial charge in [0.05, 0.1) is 11.9 Å². The van der Waals surface area contributed by atoms with Crippen LogP contribution in [-0.4, -0.2) is 22.5 Å². The first kappa shape index (κ1) is 16.1. The molecule has 0 N–H and O–H groups in total. The number of aryl methyl sites for hydroxylation is 1. The van der Waals surface area contributed by atoms with Gasteiger partial charge in [0, 0.05) is 6.20 Å². The fraction of sp³-hybridized carbons (Fsp3) is 0.438. The lowest BCUT2D eigenvalue weighted by Gasteiger charge is -2.03. The second-order valence-corrected chi connectivity index (χ2v) is 5.01. The number of carbonyl (C=O) groups excluding carboxylic acids is 1. The number of esters is 1. The Morgan fingerprint density at radius 1 is 1.20 bits per heavy atom. The van der Waals surface area contributed by atoms with Crippen molar-refractivity contribution in [3.05, 3.63) is 47.1 Å². The number of aromatic nitrogens is 2. The number of ether oxygens (including phenoxy) is 1. The number of hydrogen-bond donors (Lipinski definition) is 0. The Labute approximate surface area is 120 Å². The standard InChI is InChI=1S/C16H22N2O2/c1-12(2)6-5-7-13(3)8-9-20-16(19)15-11-17-14(4)10-18-15/h6,8,10-11H,5,7,9H2,1-4H3/b13-8+. The van der Waals surface area contributed by atoms with Gasteiger partial charge < -0.3 is 4.74 Å². The molecular weight excluding hydrogens is 252 g/mol. The summed E-state index contributed by atoms with van der Waals surface area (Å²) in [5.41, 5.74) is 3.55. The summed E-state index contributed by atoms with van der Waals surface area (Å²) in [6.45, 7) is 8.31. The van der Waals surface area contributed by atoms with Crippen molar-refractivity contribution in [3.63, 3.8) is 0 Å². The molecule has 0 fully saturated rings. The Bertz CT molecular complexity index is 498. The molecule has 1 aromatic rings. The quantitative estimate of drug-likeness (QED) is 0.587. The average molecular weight is 274 g/mol. The molecule has 0 amide bonds. The summed E-state index contributed by atoms with van der Waals surface area (Å²) in [5, 5.41) is 0. The van der Waals surface area contributed by atoms with Crippen molar-refractivity contribution in [1.82, 2.24) is 9.97 Å². The molecule has 0 aliphatic carbocycles. The van der Waals surface area contributed by atoms with Crippen LogP contribution in [0, 0.1) is 6.92 Å². The highest BCUT2D eigenvalue weighted by atomic mass is 16.5. The minimum atomic E-state index is -0.439. The van der Waals surface area contributed by atoms with E-state index in [1.165, 1.54) is 17.3 Å². The topological polar surface area (TPSA) is 52.1 Å². The van der Waals surface area contributed by atoms with Gasteiger partial charge in [0.25, 0.3) is 0 Å². The van der Waals surface area contributed by atoms with Gasteiger partial charge in [-0.3, -0.25) is 4.98 Å². The lowest BCUT2D eigenvalue weighted by atomic mass is 10.1. The SMILES string of the molecule is CC(C)=CCC/C(C)=C/COC(=O)c1cnc(C)cn1. The van der Waals surface area contributed by atoms with Crippen molar-refractivity contribution in [2.75, 3.05) is 6.61 Å². The molecule has 4 nitrogen and oxygen atoms in total. The van der Waals surface area contributed by atoms with Crippen LogP contribution in [0.15, 0.2) is 35.7 Å². The largest absolute Gasteiger partial charge is 0.457 e. The number of rotatable bonds is 6. The molecule has 0 saturated carbocycles. The van der Waals surface area contributed by atoms with Gasteiger partial charge in [-0.15, -0.1) is 0 Å². The summed E-state index contributed by atoms with van der Waals surface area (Å²) in [4.78, 5) is 19.7. The zero-order valence-corrected chi connectivity index (χ0v) is 12.6. The van der Waals surface area contributed by atoms with Crippen LogP contribution in [0.1, 0.15) is 49.8 Å². The van der Waals surface area contributed by atoms with E-state index in [1.807, 2.05) is 19.9 Å². The summed E-state index contributed by atoms with van der Waals surface area (Å²) in [7, 11) is 0. The molecule has 0 atom stereocenters. The third kappa shape index (κ3) is 6.27. The molecule has 0 bridgehead atoms. The van der Waals surface area contributed by atoms with Crippen LogP contribution in [0.25, 0.3) is 0 Å². The van der Waals surface area contributed by atoms with E-state index in [9.17, 15) is 4.79 Å². The van der Waals surface area contributed by atoms with Gasteiger partial charge in [0.1, 0.15) is 6.61 Å². The van der Waals surface area contributed by atoms with E-state index in [-0.39, 0.29) is 12.3 Å². The highest BCUT2D eigenvalue weighted by molar-refractivity contribution is 5.86. The van der Waals surface area contributed by atoms with E-state index in [4.69, 9.17) is 4.74 Å². The second-order valence-electron chi connectivity index (χ2n) is 5.01. The minimum Gasteiger partial charge on any atom is -0.457 e. The molecule has 0 saturated heterocycles. The maximum absolute atomic E-state index is 11.7. The van der Waals surface area contributed by atoms with Crippen LogP contribution in [0.2, 0.25) is 0 Å². The van der Waals surface area contributed by atoms with Crippen molar-refractivity contribution in [3.8, 4) is 0 Å². The Balaban J connectivity index is 2.37. The molecule has 0 aliphatic heterocycles. The van der Waals surface area contributed by atoms with Gasteiger partial charge in [0.15, 0.2) is 5.69 Å². The molecule has 1 aromatic heterocycles. The Hall–Kier alpha value is -1.97. The average Bonchev–Trinajstić information content (AvgIpc) is 2.39. The summed E-state index contributed by atoms with van der Waals surface area (Å²) in [5.74, 6) is -0.439. The van der Waals surface area contributed by atoms with Gasteiger partial charge >= 0.3 is 5.97 Å². The van der Waals surface area contributed by atoms with E-state index in [0.29, 0.717) is 0 Å². The smallest absolute Gasteiger partial charge is 0.358 e. The summed E-state index contributed by atoms with van der Waals surface area (Å²) in [6.07, 6.45) is 9.11. The van der Waals surface area contributed by atoms with Gasteiger partial charge in [-0.1, -0.05) is 17.2 Å². The Morgan fingerprint density at radius 3 is 2.55 bits per heavy atom. The van der Waals surface area contributed by atoms with Crippen molar-refractivity contribution < 1.29 is 9.53 Å². The molecular formula is C16H22N2O2. The van der Waals surface area contributed by atoms with Crippen molar-refractivity contribution in [2.45, 2.75) is 40.5 Å². The lowest BCUT2D eigenvalue weighted by molar-refractivity contribution is 0.0541. The van der Waals surface area contributed by atoms with E-state index in [1.54, 1.807) is 6.20 Å². The van der Waals surface area contributed by atoms with E-state index in [2.05, 4.69) is 29.9 Å². The molecule has 108 valence electrons. The highest BCUT2D eigenvalue weighted by Gasteiger charge is 2.07. The minimum absolute atomic E-state index is 0.242. The molecule has 0 unspecified atom stereocenters. The molecule has 4 heteroatoms. The first-order valence-electron chi connectivity index (χ1n) is 6.74. The number of hydrogen-bond acceptors (Lipinski definition) is 4.